The third-order valence-electron chi connectivity index (χ3n) is 6.14. The number of hydrogen-bond acceptors (Lipinski definition) is 8. The quantitative estimate of drug-likeness (QED) is 0.320. The van der Waals surface area contributed by atoms with E-state index in [1.54, 1.807) is 0 Å². The molecule has 0 aliphatic rings. The van der Waals surface area contributed by atoms with Gasteiger partial charge in [0.1, 0.15) is 28.8 Å². The Bertz CT molecular complexity index is 1400. The number of benzene rings is 2. The molecule has 0 fully saturated rings. The molecule has 10 nitrogen and oxygen atoms in total. The molecule has 10 heteroatoms. The van der Waals surface area contributed by atoms with E-state index in [0.717, 1.165) is 33.5 Å². The van der Waals surface area contributed by atoms with E-state index in [9.17, 15) is 4.79 Å². The average molecular weight is 519 g/mol. The summed E-state index contributed by atoms with van der Waals surface area (Å²) in [6.07, 6.45) is -0.416. The zero-order valence-electron chi connectivity index (χ0n) is 22.7. The second-order valence-corrected chi connectivity index (χ2v) is 8.98. The van der Waals surface area contributed by atoms with Crippen LogP contribution in [0.2, 0.25) is 0 Å². The molecule has 1 atom stereocenters. The fraction of sp³-hybridized carbons (Fsp3) is 0.357. The topological polar surface area (TPSA) is 104 Å². The van der Waals surface area contributed by atoms with Gasteiger partial charge in [-0.15, -0.1) is 5.10 Å². The maximum atomic E-state index is 11.7. The number of nitrogens with one attached hydrogen (secondary N) is 1. The summed E-state index contributed by atoms with van der Waals surface area (Å²) < 4.78 is 19.6. The number of aromatic nitrogens is 4. The van der Waals surface area contributed by atoms with Gasteiger partial charge in [0.15, 0.2) is 5.82 Å². The first-order valence-electron chi connectivity index (χ1n) is 12.6. The zero-order chi connectivity index (χ0) is 27.2. The van der Waals surface area contributed by atoms with Crippen LogP contribution in [0.4, 0.5) is 10.6 Å². The Morgan fingerprint density at radius 2 is 1.87 bits per heavy atom. The van der Waals surface area contributed by atoms with Crippen molar-refractivity contribution in [1.29, 1.82) is 0 Å². The Labute approximate surface area is 222 Å². The lowest BCUT2D eigenvalue weighted by atomic mass is 10.1. The highest BCUT2D eigenvalue weighted by atomic mass is 16.6. The van der Waals surface area contributed by atoms with E-state index in [0.29, 0.717) is 30.3 Å². The molecule has 200 valence electrons. The average Bonchev–Trinajstić information content (AvgIpc) is 3.26. The van der Waals surface area contributed by atoms with Crippen LogP contribution in [-0.4, -0.2) is 60.4 Å². The Balaban J connectivity index is 1.80. The molecule has 0 aliphatic heterocycles. The van der Waals surface area contributed by atoms with Crippen LogP contribution < -0.4 is 19.7 Å². The first-order chi connectivity index (χ1) is 18.3. The van der Waals surface area contributed by atoms with Gasteiger partial charge in [0, 0.05) is 33.6 Å². The molecule has 0 radical (unpaired) electrons. The Hall–Kier alpha value is -4.34. The molecule has 38 heavy (non-hydrogen) atoms. The third-order valence-corrected chi connectivity index (χ3v) is 6.14. The number of aryl methyl sites for hydroxylation is 2. The number of nitrogens with zero attached hydrogens (tertiary/aromatic N) is 5. The van der Waals surface area contributed by atoms with Crippen LogP contribution in [0.3, 0.4) is 0 Å². The molecule has 0 bridgehead atoms. The van der Waals surface area contributed by atoms with E-state index in [1.807, 2.05) is 93.0 Å². The van der Waals surface area contributed by atoms with Crippen LogP contribution in [-0.2, 0) is 4.74 Å². The van der Waals surface area contributed by atoms with Crippen molar-refractivity contribution in [3.05, 3.63) is 65.5 Å². The Morgan fingerprint density at radius 1 is 1.11 bits per heavy atom. The van der Waals surface area contributed by atoms with E-state index in [4.69, 9.17) is 19.3 Å². The van der Waals surface area contributed by atoms with Crippen molar-refractivity contribution < 1.29 is 19.0 Å². The van der Waals surface area contributed by atoms with Crippen LogP contribution in [0.1, 0.15) is 36.4 Å². The Kier molecular flexibility index (Phi) is 8.30. The van der Waals surface area contributed by atoms with E-state index >= 15 is 0 Å². The largest absolute Gasteiger partial charge is 0.494 e. The van der Waals surface area contributed by atoms with Crippen LogP contribution in [0.15, 0.2) is 48.5 Å². The van der Waals surface area contributed by atoms with Gasteiger partial charge in [-0.05, 0) is 38.5 Å². The predicted octanol–water partition coefficient (Wildman–Crippen LogP) is 4.76. The lowest BCUT2D eigenvalue weighted by Crippen LogP contribution is -2.21. The van der Waals surface area contributed by atoms with Crippen molar-refractivity contribution in [2.45, 2.75) is 33.3 Å². The molecule has 1 N–H and O–H groups in total. The maximum absolute atomic E-state index is 11.7. The molecule has 0 aliphatic carbocycles. The van der Waals surface area contributed by atoms with Gasteiger partial charge in [-0.3, -0.25) is 0 Å². The number of fused-ring (bicyclic) bond motifs is 1. The zero-order valence-corrected chi connectivity index (χ0v) is 22.7. The molecule has 2 aromatic heterocycles. The van der Waals surface area contributed by atoms with Crippen LogP contribution >= 0.6 is 0 Å². The van der Waals surface area contributed by atoms with Crippen molar-refractivity contribution in [1.82, 2.24) is 25.3 Å². The fourth-order valence-corrected chi connectivity index (χ4v) is 4.31. The number of carbonyl (C=O) groups excluding carboxylic acids is 1. The monoisotopic (exact) mass is 518 g/mol. The number of anilines is 1. The molecule has 1 unspecified atom stereocenters. The minimum atomic E-state index is -0.482. The van der Waals surface area contributed by atoms with Crippen LogP contribution in [0, 0.1) is 13.8 Å². The second-order valence-electron chi connectivity index (χ2n) is 8.98. The molecule has 0 saturated heterocycles. The number of ether oxygens (including phenoxy) is 3. The summed E-state index contributed by atoms with van der Waals surface area (Å²) in [5, 5.41) is 17.1. The van der Waals surface area contributed by atoms with Gasteiger partial charge in [-0.2, -0.15) is 10.2 Å². The molecule has 1 amide bonds. The summed E-state index contributed by atoms with van der Waals surface area (Å²) in [5.74, 6) is 1.96. The van der Waals surface area contributed by atoms with Gasteiger partial charge in [0.25, 0.3) is 0 Å². The summed E-state index contributed by atoms with van der Waals surface area (Å²) in [4.78, 5) is 13.6. The van der Waals surface area contributed by atoms with Crippen molar-refractivity contribution in [3.63, 3.8) is 0 Å². The fourth-order valence-electron chi connectivity index (χ4n) is 4.31. The van der Waals surface area contributed by atoms with Gasteiger partial charge in [-0.1, -0.05) is 30.3 Å². The minimum Gasteiger partial charge on any atom is -0.494 e. The van der Waals surface area contributed by atoms with Crippen molar-refractivity contribution in [2.24, 2.45) is 0 Å². The summed E-state index contributed by atoms with van der Waals surface area (Å²) in [5.41, 5.74) is 4.19. The maximum Gasteiger partial charge on any atom is 0.406 e. The van der Waals surface area contributed by atoms with Crippen molar-refractivity contribution in [2.75, 3.05) is 39.3 Å². The summed E-state index contributed by atoms with van der Waals surface area (Å²) in [6, 6.07) is 15.6. The van der Waals surface area contributed by atoms with Gasteiger partial charge >= 0.3 is 6.09 Å². The van der Waals surface area contributed by atoms with E-state index < -0.39 is 6.09 Å². The highest BCUT2D eigenvalue weighted by molar-refractivity contribution is 5.92. The molecular weight excluding hydrogens is 484 g/mol. The molecule has 0 saturated carbocycles. The van der Waals surface area contributed by atoms with E-state index in [-0.39, 0.29) is 12.7 Å². The number of carbonyl (C=O) groups is 1. The normalized spacial score (nSPS) is 11.7. The van der Waals surface area contributed by atoms with Gasteiger partial charge in [0.2, 0.25) is 0 Å². The lowest BCUT2D eigenvalue weighted by molar-refractivity contribution is 0.117. The molecular formula is C28H34N6O4. The van der Waals surface area contributed by atoms with E-state index in [2.05, 4.69) is 15.5 Å². The van der Waals surface area contributed by atoms with Crippen molar-refractivity contribution >= 4 is 22.8 Å². The number of amides is 1. The van der Waals surface area contributed by atoms with Gasteiger partial charge in [-0.25, -0.2) is 9.48 Å². The first kappa shape index (κ1) is 26.7. The van der Waals surface area contributed by atoms with Crippen LogP contribution in [0.25, 0.3) is 16.6 Å². The van der Waals surface area contributed by atoms with Crippen molar-refractivity contribution in [3.8, 4) is 17.2 Å². The van der Waals surface area contributed by atoms with Gasteiger partial charge in [0.05, 0.1) is 30.0 Å². The molecule has 4 aromatic rings. The minimum absolute atomic E-state index is 0.188. The highest BCUT2D eigenvalue weighted by Crippen LogP contribution is 2.36. The number of rotatable bonds is 10. The highest BCUT2D eigenvalue weighted by Gasteiger charge is 2.22. The SMILES string of the molecule is CCOc1ccc(-n2nc3c(N(C)C)nnc(C)c3c2C)c(OC(CCOC(=O)NC)c2ccccc2)c1. The second kappa shape index (κ2) is 11.8. The van der Waals surface area contributed by atoms with Gasteiger partial charge < -0.3 is 24.4 Å². The standard InChI is InChI=1S/C28H34N6O4/c1-7-36-21-13-14-22(34-19(3)25-18(2)30-31-27(33(5)6)26(25)32-34)24(17-21)38-23(15-16-37-28(35)29-4)20-11-9-8-10-12-20/h8-14,17,23H,7,15-16H2,1-6H3,(H,29,35). The third kappa shape index (κ3) is 5.64. The summed E-state index contributed by atoms with van der Waals surface area (Å²) >= 11 is 0. The number of alkyl carbamates (subject to hydrolysis) is 1. The smallest absolute Gasteiger partial charge is 0.406 e. The van der Waals surface area contributed by atoms with Crippen LogP contribution in [0.5, 0.6) is 11.5 Å². The first-order valence-corrected chi connectivity index (χ1v) is 12.6. The number of hydrogen-bond donors (Lipinski definition) is 1. The molecule has 0 spiro atoms. The molecule has 2 heterocycles. The molecule has 2 aromatic carbocycles. The summed E-state index contributed by atoms with van der Waals surface area (Å²) in [6.45, 7) is 6.59. The lowest BCUT2D eigenvalue weighted by Gasteiger charge is -2.22. The predicted molar refractivity (Wildman–Crippen MR) is 146 cm³/mol. The molecule has 4 rings (SSSR count). The Morgan fingerprint density at radius 3 is 2.55 bits per heavy atom. The van der Waals surface area contributed by atoms with E-state index in [1.165, 1.54) is 7.05 Å². The summed E-state index contributed by atoms with van der Waals surface area (Å²) in [7, 11) is 5.37.